The Kier molecular flexibility index (Phi) is 12.1. The number of halogens is 3. The molecule has 4 aliphatic carbocycles. The van der Waals surface area contributed by atoms with Crippen molar-refractivity contribution in [2.24, 2.45) is 52.3 Å². The van der Waals surface area contributed by atoms with Gasteiger partial charge < -0.3 is 9.94 Å². The number of nitrogens with one attached hydrogen (secondary N) is 1. The number of benzene rings is 1. The first-order valence-electron chi connectivity index (χ1n) is 17.7. The van der Waals surface area contributed by atoms with Gasteiger partial charge in [-0.3, -0.25) is 4.79 Å². The third-order valence-corrected chi connectivity index (χ3v) is 15.6. The second-order valence-corrected chi connectivity index (χ2v) is 19.7. The van der Waals surface area contributed by atoms with Crippen molar-refractivity contribution in [3.63, 3.8) is 0 Å². The monoisotopic (exact) mass is 955 g/mol. The Morgan fingerprint density at radius 3 is 2.40 bits per heavy atom. The van der Waals surface area contributed by atoms with Gasteiger partial charge in [0.2, 0.25) is 0 Å². The summed E-state index contributed by atoms with van der Waals surface area (Å²) in [4.78, 5) is 19.0. The Bertz CT molecular complexity index is 1240. The van der Waals surface area contributed by atoms with E-state index in [0.717, 1.165) is 42.4 Å². The maximum atomic E-state index is 13.3. The van der Waals surface area contributed by atoms with Crippen molar-refractivity contribution in [2.75, 3.05) is 0 Å². The molecule has 3 fully saturated rings. The number of hydroxylamine groups is 1. The Morgan fingerprint density at radius 2 is 1.73 bits per heavy atom. The zero-order valence-electron chi connectivity index (χ0n) is 28.4. The fourth-order valence-electron chi connectivity index (χ4n) is 10.4. The molecule has 9 atom stereocenters. The molecule has 0 heterocycles. The molecular weight excluding hydrogens is 899 g/mol. The average Bonchev–Trinajstić information content (AvgIpc) is 3.33. The summed E-state index contributed by atoms with van der Waals surface area (Å²) in [7, 11) is 0. The van der Waals surface area contributed by atoms with Crippen molar-refractivity contribution in [2.45, 2.75) is 131 Å². The topological polar surface area (TPSA) is 58.6 Å². The van der Waals surface area contributed by atoms with Crippen LogP contribution in [0.5, 0.6) is 0 Å². The molecule has 5 rings (SSSR count). The van der Waals surface area contributed by atoms with Gasteiger partial charge in [0.1, 0.15) is 0 Å². The largest absolute Gasteiger partial charge is 0.372 e. The van der Waals surface area contributed by atoms with Crippen molar-refractivity contribution >= 4 is 73.7 Å². The van der Waals surface area contributed by atoms with E-state index in [1.54, 1.807) is 0 Å². The molecule has 0 aliphatic heterocycles. The van der Waals surface area contributed by atoms with Crippen LogP contribution in [0.3, 0.4) is 0 Å². The summed E-state index contributed by atoms with van der Waals surface area (Å²) in [5, 5.41) is 11.7. The third-order valence-electron chi connectivity index (χ3n) is 13.1. The molecule has 0 aromatic heterocycles. The van der Waals surface area contributed by atoms with E-state index in [-0.39, 0.29) is 17.3 Å². The minimum Gasteiger partial charge on any atom is -0.372 e. The predicted octanol–water partition coefficient (Wildman–Crippen LogP) is 10.8. The summed E-state index contributed by atoms with van der Waals surface area (Å²) in [6.45, 7) is 14.5. The van der Waals surface area contributed by atoms with Crippen LogP contribution in [-0.4, -0.2) is 16.8 Å². The van der Waals surface area contributed by atoms with Crippen molar-refractivity contribution in [3.8, 4) is 0 Å². The van der Waals surface area contributed by atoms with Gasteiger partial charge >= 0.3 is 5.97 Å². The summed E-state index contributed by atoms with van der Waals surface area (Å²) in [6.07, 6.45) is 16.7. The van der Waals surface area contributed by atoms with Crippen molar-refractivity contribution in [3.05, 3.63) is 40.1 Å². The normalized spacial score (nSPS) is 35.7. The molecule has 0 radical (unpaired) electrons. The number of rotatable bonds is 11. The maximum Gasteiger partial charge on any atom is 0.328 e. The lowest BCUT2D eigenvalue weighted by Crippen LogP contribution is -2.56. The summed E-state index contributed by atoms with van der Waals surface area (Å²) < 4.78 is 3.57. The highest BCUT2D eigenvalue weighted by atomic mass is 127. The molecule has 1 aromatic rings. The zero-order chi connectivity index (χ0) is 32.7. The number of fused-ring (bicyclic) bond motifs is 5. The molecule has 7 heteroatoms. The van der Waals surface area contributed by atoms with E-state index in [0.29, 0.717) is 37.0 Å². The van der Waals surface area contributed by atoms with Gasteiger partial charge in [0.05, 0.1) is 5.92 Å². The van der Waals surface area contributed by atoms with E-state index < -0.39 is 5.72 Å². The fourth-order valence-corrected chi connectivity index (χ4v) is 14.4. The lowest BCUT2D eigenvalue weighted by Gasteiger charge is -2.59. The van der Waals surface area contributed by atoms with E-state index in [2.05, 4.69) is 126 Å². The Morgan fingerprint density at radius 1 is 1.02 bits per heavy atom. The third kappa shape index (κ3) is 7.67. The lowest BCUT2D eigenvalue weighted by molar-refractivity contribution is -0.185. The highest BCUT2D eigenvalue weighted by Crippen LogP contribution is 2.67. The molecule has 0 bridgehead atoms. The number of carbonyl (C=O) groups excluding carboxylic acids is 1. The van der Waals surface area contributed by atoms with Gasteiger partial charge in [-0.05, 0) is 190 Å². The fraction of sp³-hybridized carbons (Fsp3) is 0.763. The Hall–Kier alpha value is 0.540. The molecule has 2 N–H and O–H groups in total. The van der Waals surface area contributed by atoms with Crippen LogP contribution in [0.4, 0.5) is 0 Å². The number of aliphatic hydroxyl groups is 1. The number of allylic oxidation sites excluding steroid dienone is 1. The molecule has 4 nitrogen and oxygen atoms in total. The molecule has 0 spiro atoms. The van der Waals surface area contributed by atoms with Crippen LogP contribution in [0.15, 0.2) is 23.8 Å². The van der Waals surface area contributed by atoms with Crippen LogP contribution < -0.4 is 5.48 Å². The lowest BCUT2D eigenvalue weighted by atomic mass is 9.46. The second kappa shape index (κ2) is 14.8. The van der Waals surface area contributed by atoms with Crippen LogP contribution in [0.1, 0.15) is 124 Å². The van der Waals surface area contributed by atoms with Crippen molar-refractivity contribution in [1.29, 1.82) is 0 Å². The van der Waals surface area contributed by atoms with Gasteiger partial charge in [-0.25, -0.2) is 0 Å². The van der Waals surface area contributed by atoms with E-state index in [9.17, 15) is 9.90 Å². The van der Waals surface area contributed by atoms with Gasteiger partial charge in [0.25, 0.3) is 0 Å². The molecular formula is C38H56I3NO3. The number of hydrogen-bond donors (Lipinski definition) is 2. The maximum absolute atomic E-state index is 13.3. The number of hydrogen-bond acceptors (Lipinski definition) is 4. The predicted molar refractivity (Wildman–Crippen MR) is 209 cm³/mol. The first kappa shape index (κ1) is 36.8. The quantitative estimate of drug-likeness (QED) is 0.100. The molecule has 4 aliphatic rings. The minimum absolute atomic E-state index is 0.132. The van der Waals surface area contributed by atoms with Crippen LogP contribution in [0.2, 0.25) is 0 Å². The SMILES string of the molecule is CCC(Cc1c(I)cc(I)cc1I)C(=O)ONC1(O)CCC2(C)C(=CCC3C2CCC2(C)C(C(C)CCCC(C)C)CCC32)C1. The first-order chi connectivity index (χ1) is 21.2. The average molecular weight is 956 g/mol. The summed E-state index contributed by atoms with van der Waals surface area (Å²) in [5.41, 5.74) is 4.90. The molecule has 9 unspecified atom stereocenters. The van der Waals surface area contributed by atoms with Gasteiger partial charge in [0, 0.05) is 17.1 Å². The molecule has 3 saturated carbocycles. The highest BCUT2D eigenvalue weighted by molar-refractivity contribution is 14.1. The van der Waals surface area contributed by atoms with Gasteiger partial charge in [-0.1, -0.05) is 72.5 Å². The molecule has 45 heavy (non-hydrogen) atoms. The highest BCUT2D eigenvalue weighted by Gasteiger charge is 2.60. The van der Waals surface area contributed by atoms with E-state index in [4.69, 9.17) is 4.84 Å². The van der Waals surface area contributed by atoms with E-state index in [1.807, 2.05) is 6.92 Å². The van der Waals surface area contributed by atoms with Crippen LogP contribution in [0.25, 0.3) is 0 Å². The second-order valence-electron chi connectivity index (χ2n) is 16.2. The van der Waals surface area contributed by atoms with Crippen LogP contribution >= 0.6 is 67.8 Å². The Labute approximate surface area is 314 Å². The van der Waals surface area contributed by atoms with Crippen LogP contribution in [0, 0.1) is 63.0 Å². The van der Waals surface area contributed by atoms with E-state index >= 15 is 0 Å². The van der Waals surface area contributed by atoms with Gasteiger partial charge in [-0.15, -0.1) is 5.48 Å². The molecule has 0 saturated heterocycles. The standard InChI is InChI=1S/C38H56I3NO3/c1-7-25(19-29-33(40)20-27(39)21-34(29)41)35(43)45-42-38(44)18-17-36(5)26(22-38)11-12-28-31-14-13-30(24(4)10-8-9-23(2)3)37(31,6)16-15-32(28)36/h11,20-21,23-25,28,30-32,42,44H,7-10,12-19,22H2,1-6H3. The molecule has 1 aromatic carbocycles. The summed E-state index contributed by atoms with van der Waals surface area (Å²) in [6, 6.07) is 4.32. The molecule has 0 amide bonds. The summed E-state index contributed by atoms with van der Waals surface area (Å²) >= 11 is 7.08. The van der Waals surface area contributed by atoms with E-state index in [1.165, 1.54) is 66.8 Å². The van der Waals surface area contributed by atoms with Gasteiger partial charge in [-0.2, -0.15) is 0 Å². The zero-order valence-corrected chi connectivity index (χ0v) is 34.8. The first-order valence-corrected chi connectivity index (χ1v) is 21.0. The van der Waals surface area contributed by atoms with Crippen molar-refractivity contribution < 1.29 is 14.7 Å². The van der Waals surface area contributed by atoms with Crippen LogP contribution in [-0.2, 0) is 16.1 Å². The Balaban J connectivity index is 1.21. The smallest absolute Gasteiger partial charge is 0.328 e. The minimum atomic E-state index is -1.20. The summed E-state index contributed by atoms with van der Waals surface area (Å²) in [5.74, 6) is 4.27. The van der Waals surface area contributed by atoms with Gasteiger partial charge in [0.15, 0.2) is 5.72 Å². The number of carbonyl (C=O) groups is 1. The van der Waals surface area contributed by atoms with Crippen molar-refractivity contribution in [1.82, 2.24) is 5.48 Å². The molecule has 252 valence electrons.